The highest BCUT2D eigenvalue weighted by Gasteiger charge is 2.34. The molecule has 3 aromatic rings. The van der Waals surface area contributed by atoms with Crippen LogP contribution in [0.2, 0.25) is 5.02 Å². The fourth-order valence-corrected chi connectivity index (χ4v) is 4.30. The fraction of sp³-hybridized carbons (Fsp3) is 0.0476. The van der Waals surface area contributed by atoms with Crippen LogP contribution in [0, 0.1) is 12.7 Å². The summed E-state index contributed by atoms with van der Waals surface area (Å²) in [5.74, 6) is 0.354. The number of hydrogen-bond donors (Lipinski definition) is 0. The van der Waals surface area contributed by atoms with Gasteiger partial charge in [-0.3, -0.25) is 9.69 Å². The van der Waals surface area contributed by atoms with Gasteiger partial charge in [0.25, 0.3) is 5.91 Å². The second kappa shape index (κ2) is 7.54. The van der Waals surface area contributed by atoms with Crippen molar-refractivity contribution >= 4 is 57.6 Å². The van der Waals surface area contributed by atoms with E-state index in [1.54, 1.807) is 24.3 Å². The number of para-hydroxylation sites is 1. The summed E-state index contributed by atoms with van der Waals surface area (Å²) in [6, 6.07) is 15.4. The Morgan fingerprint density at radius 1 is 1.18 bits per heavy atom. The van der Waals surface area contributed by atoms with Gasteiger partial charge in [0.2, 0.25) is 0 Å². The number of rotatable bonds is 3. The van der Waals surface area contributed by atoms with Gasteiger partial charge in [0.1, 0.15) is 17.3 Å². The summed E-state index contributed by atoms with van der Waals surface area (Å²) < 4.78 is 19.6. The van der Waals surface area contributed by atoms with Crippen LogP contribution in [0.25, 0.3) is 17.4 Å². The maximum atomic E-state index is 13.3. The lowest BCUT2D eigenvalue weighted by atomic mass is 10.2. The minimum atomic E-state index is -0.489. The molecule has 0 N–H and O–H groups in total. The van der Waals surface area contributed by atoms with Crippen molar-refractivity contribution in [2.24, 2.45) is 0 Å². The first-order valence-electron chi connectivity index (χ1n) is 8.33. The van der Waals surface area contributed by atoms with Gasteiger partial charge in [-0.25, -0.2) is 4.39 Å². The minimum absolute atomic E-state index is 0.0227. The largest absolute Gasteiger partial charge is 0.457 e. The van der Waals surface area contributed by atoms with E-state index >= 15 is 0 Å². The lowest BCUT2D eigenvalue weighted by Crippen LogP contribution is -2.28. The number of nitrogens with zero attached hydrogens (tertiary/aromatic N) is 1. The zero-order valence-electron chi connectivity index (χ0n) is 14.6. The van der Waals surface area contributed by atoms with E-state index in [9.17, 15) is 9.18 Å². The number of anilines is 1. The number of thioether (sulfide) groups is 1. The normalized spacial score (nSPS) is 15.7. The molecular weight excluding hydrogens is 417 g/mol. The first kappa shape index (κ1) is 18.9. The van der Waals surface area contributed by atoms with Gasteiger partial charge in [0.05, 0.1) is 15.6 Å². The Balaban J connectivity index is 1.63. The molecule has 1 amide bonds. The van der Waals surface area contributed by atoms with Crippen molar-refractivity contribution in [3.8, 4) is 11.3 Å². The zero-order valence-corrected chi connectivity index (χ0v) is 17.0. The van der Waals surface area contributed by atoms with Crippen LogP contribution in [0.15, 0.2) is 63.9 Å². The predicted octanol–water partition coefficient (Wildman–Crippen LogP) is 6.45. The lowest BCUT2D eigenvalue weighted by molar-refractivity contribution is -0.113. The van der Waals surface area contributed by atoms with E-state index in [0.29, 0.717) is 26.3 Å². The molecular formula is C21H13ClFNO2S2. The van der Waals surface area contributed by atoms with Gasteiger partial charge in [-0.05, 0) is 48.9 Å². The highest BCUT2D eigenvalue weighted by Crippen LogP contribution is 2.37. The third-order valence-corrected chi connectivity index (χ3v) is 5.85. The zero-order chi connectivity index (χ0) is 19.8. The van der Waals surface area contributed by atoms with Crippen LogP contribution < -0.4 is 4.90 Å². The van der Waals surface area contributed by atoms with Gasteiger partial charge in [-0.2, -0.15) is 0 Å². The third kappa shape index (κ3) is 3.51. The number of hydrogen-bond acceptors (Lipinski definition) is 4. The molecule has 28 heavy (non-hydrogen) atoms. The molecule has 7 heteroatoms. The number of furan rings is 1. The van der Waals surface area contributed by atoms with Crippen molar-refractivity contribution in [3.63, 3.8) is 0 Å². The molecule has 2 heterocycles. The number of halogens is 2. The van der Waals surface area contributed by atoms with E-state index in [0.717, 1.165) is 11.3 Å². The second-order valence-corrected chi connectivity index (χ2v) is 8.22. The molecule has 0 saturated carbocycles. The van der Waals surface area contributed by atoms with E-state index in [-0.39, 0.29) is 10.9 Å². The SMILES string of the molecule is Cc1ccccc1N1C(=O)/C(=C\c2ccc(-c3ccc(F)c(Cl)c3)o2)SC1=S. The highest BCUT2D eigenvalue weighted by molar-refractivity contribution is 8.27. The van der Waals surface area contributed by atoms with E-state index in [2.05, 4.69) is 0 Å². The maximum absolute atomic E-state index is 13.3. The van der Waals surface area contributed by atoms with Gasteiger partial charge in [-0.15, -0.1) is 0 Å². The summed E-state index contributed by atoms with van der Waals surface area (Å²) in [6.07, 6.45) is 1.66. The topological polar surface area (TPSA) is 33.5 Å². The molecule has 0 bridgehead atoms. The molecule has 0 aliphatic carbocycles. The van der Waals surface area contributed by atoms with Gasteiger partial charge < -0.3 is 4.42 Å². The molecule has 1 aliphatic heterocycles. The molecule has 1 aromatic heterocycles. The molecule has 140 valence electrons. The Morgan fingerprint density at radius 2 is 1.96 bits per heavy atom. The van der Waals surface area contributed by atoms with Crippen molar-refractivity contribution in [3.05, 3.63) is 81.7 Å². The van der Waals surface area contributed by atoms with E-state index in [4.69, 9.17) is 28.2 Å². The molecule has 1 fully saturated rings. The summed E-state index contributed by atoms with van der Waals surface area (Å²) >= 11 is 12.5. The van der Waals surface area contributed by atoms with E-state index in [1.807, 2.05) is 31.2 Å². The smallest absolute Gasteiger partial charge is 0.270 e. The Bertz CT molecular complexity index is 1140. The van der Waals surface area contributed by atoms with Crippen molar-refractivity contribution in [2.45, 2.75) is 6.92 Å². The summed E-state index contributed by atoms with van der Waals surface area (Å²) in [7, 11) is 0. The van der Waals surface area contributed by atoms with Crippen molar-refractivity contribution in [1.82, 2.24) is 0 Å². The first-order valence-corrected chi connectivity index (χ1v) is 9.93. The highest BCUT2D eigenvalue weighted by atomic mass is 35.5. The van der Waals surface area contributed by atoms with Gasteiger partial charge in [-0.1, -0.05) is 53.8 Å². The Hall–Kier alpha value is -2.41. The van der Waals surface area contributed by atoms with Crippen LogP contribution in [0.3, 0.4) is 0 Å². The number of carbonyl (C=O) groups excluding carboxylic acids is 1. The van der Waals surface area contributed by atoms with Gasteiger partial charge in [0, 0.05) is 11.6 Å². The fourth-order valence-electron chi connectivity index (χ4n) is 2.85. The van der Waals surface area contributed by atoms with Gasteiger partial charge in [0.15, 0.2) is 4.32 Å². The van der Waals surface area contributed by atoms with E-state index < -0.39 is 5.82 Å². The van der Waals surface area contributed by atoms with Crippen LogP contribution in [0.1, 0.15) is 11.3 Å². The van der Waals surface area contributed by atoms with Crippen LogP contribution in [-0.4, -0.2) is 10.2 Å². The Morgan fingerprint density at radius 3 is 2.71 bits per heavy atom. The summed E-state index contributed by atoms with van der Waals surface area (Å²) in [6.45, 7) is 1.93. The van der Waals surface area contributed by atoms with Crippen molar-refractivity contribution < 1.29 is 13.6 Å². The second-order valence-electron chi connectivity index (χ2n) is 6.13. The number of benzene rings is 2. The van der Waals surface area contributed by atoms with Gasteiger partial charge >= 0.3 is 0 Å². The van der Waals surface area contributed by atoms with Crippen LogP contribution in [0.5, 0.6) is 0 Å². The first-order chi connectivity index (χ1) is 13.4. The molecule has 2 aromatic carbocycles. The standard InChI is InChI=1S/C21H13ClFNO2S2/c1-12-4-2-3-5-17(12)24-20(25)19(28-21(24)27)11-14-7-9-18(26-14)13-6-8-16(23)15(22)10-13/h2-11H,1H3/b19-11+. The predicted molar refractivity (Wildman–Crippen MR) is 116 cm³/mol. The minimum Gasteiger partial charge on any atom is -0.457 e. The van der Waals surface area contributed by atoms with Crippen molar-refractivity contribution in [2.75, 3.05) is 4.90 Å². The summed E-state index contributed by atoms with van der Waals surface area (Å²) in [4.78, 5) is 14.9. The van der Waals surface area contributed by atoms with Crippen molar-refractivity contribution in [1.29, 1.82) is 0 Å². The van der Waals surface area contributed by atoms with E-state index in [1.165, 1.54) is 28.8 Å². The molecule has 0 unspecified atom stereocenters. The monoisotopic (exact) mass is 429 g/mol. The average Bonchev–Trinajstić information content (AvgIpc) is 3.23. The molecule has 3 nitrogen and oxygen atoms in total. The molecule has 1 saturated heterocycles. The number of thiocarbonyl (C=S) groups is 1. The quantitative estimate of drug-likeness (QED) is 0.353. The molecule has 1 aliphatic rings. The average molecular weight is 430 g/mol. The molecule has 0 spiro atoms. The summed E-state index contributed by atoms with van der Waals surface area (Å²) in [5.41, 5.74) is 2.39. The number of aryl methyl sites for hydroxylation is 1. The third-order valence-electron chi connectivity index (χ3n) is 4.25. The number of amides is 1. The lowest BCUT2D eigenvalue weighted by Gasteiger charge is -2.16. The molecule has 0 atom stereocenters. The van der Waals surface area contributed by atoms with Crippen LogP contribution in [0.4, 0.5) is 10.1 Å². The Kier molecular flexibility index (Phi) is 5.10. The number of carbonyl (C=O) groups is 1. The van der Waals surface area contributed by atoms with Crippen LogP contribution in [-0.2, 0) is 4.79 Å². The Labute approximate surface area is 175 Å². The van der Waals surface area contributed by atoms with Crippen LogP contribution >= 0.6 is 35.6 Å². The molecule has 0 radical (unpaired) electrons. The molecule has 4 rings (SSSR count). The summed E-state index contributed by atoms with van der Waals surface area (Å²) in [5, 5.41) is 0.0227. The maximum Gasteiger partial charge on any atom is 0.270 e.